The highest BCUT2D eigenvalue weighted by Crippen LogP contribution is 2.34. The first-order valence-corrected chi connectivity index (χ1v) is 8.01. The first-order valence-electron chi connectivity index (χ1n) is 8.01. The van der Waals surface area contributed by atoms with Crippen molar-refractivity contribution in [1.29, 1.82) is 0 Å². The molecule has 3 rings (SSSR count). The van der Waals surface area contributed by atoms with Crippen molar-refractivity contribution in [3.8, 4) is 0 Å². The van der Waals surface area contributed by atoms with Gasteiger partial charge in [-0.1, -0.05) is 6.92 Å². The van der Waals surface area contributed by atoms with Gasteiger partial charge in [0.1, 0.15) is 11.6 Å². The number of carbonyl (C=O) groups is 1. The summed E-state index contributed by atoms with van der Waals surface area (Å²) in [6, 6.07) is 0.903. The molecule has 1 saturated heterocycles. The molecule has 1 amide bonds. The molecule has 5 N–H and O–H groups in total. The number of nitrogens with two attached hydrogens (primary N) is 1. The summed E-state index contributed by atoms with van der Waals surface area (Å²) in [6.45, 7) is 3.14. The van der Waals surface area contributed by atoms with Gasteiger partial charge in [-0.05, 0) is 24.9 Å². The summed E-state index contributed by atoms with van der Waals surface area (Å²) in [7, 11) is 0. The Morgan fingerprint density at radius 1 is 1.46 bits per heavy atom. The number of pyridine rings is 1. The molecule has 128 valence electrons. The topological polar surface area (TPSA) is 126 Å². The summed E-state index contributed by atoms with van der Waals surface area (Å²) in [5.74, 6) is -0.0356. The van der Waals surface area contributed by atoms with E-state index in [4.69, 9.17) is 5.73 Å². The molecular formula is C16H22N6O2. The van der Waals surface area contributed by atoms with E-state index < -0.39 is 18.2 Å². The molecule has 2 aromatic heterocycles. The lowest BCUT2D eigenvalue weighted by Gasteiger charge is -2.42. The quantitative estimate of drug-likeness (QED) is 0.583. The van der Waals surface area contributed by atoms with E-state index >= 15 is 0 Å². The van der Waals surface area contributed by atoms with Gasteiger partial charge in [0.15, 0.2) is 5.65 Å². The molecule has 0 saturated carbocycles. The van der Waals surface area contributed by atoms with E-state index in [1.165, 1.54) is 0 Å². The predicted octanol–water partition coefficient (Wildman–Crippen LogP) is -0.715. The molecule has 0 aliphatic carbocycles. The number of nitrogens with one attached hydrogen (secondary N) is 2. The monoisotopic (exact) mass is 330 g/mol. The molecule has 8 nitrogen and oxygen atoms in total. The summed E-state index contributed by atoms with van der Waals surface area (Å²) in [5, 5.41) is 15.6. The SMILES string of the molecule is C[C@@H]1CNC[C@](NC(=O)[C@H](N)CO)(c2ccnc3nccnc23)C1. The van der Waals surface area contributed by atoms with E-state index in [0.29, 0.717) is 23.6 Å². The van der Waals surface area contributed by atoms with E-state index in [2.05, 4.69) is 32.5 Å². The Bertz CT molecular complexity index is 734. The van der Waals surface area contributed by atoms with Crippen molar-refractivity contribution in [2.45, 2.75) is 24.9 Å². The first kappa shape index (κ1) is 16.7. The Labute approximate surface area is 139 Å². The number of fused-ring (bicyclic) bond motifs is 1. The van der Waals surface area contributed by atoms with Crippen LogP contribution in [-0.2, 0) is 10.3 Å². The Morgan fingerprint density at radius 2 is 2.21 bits per heavy atom. The van der Waals surface area contributed by atoms with Crippen molar-refractivity contribution in [2.75, 3.05) is 19.7 Å². The summed E-state index contributed by atoms with van der Waals surface area (Å²) >= 11 is 0. The van der Waals surface area contributed by atoms with Crippen LogP contribution in [0.5, 0.6) is 0 Å². The van der Waals surface area contributed by atoms with Crippen LogP contribution < -0.4 is 16.4 Å². The van der Waals surface area contributed by atoms with Crippen LogP contribution in [0.1, 0.15) is 18.9 Å². The van der Waals surface area contributed by atoms with Gasteiger partial charge in [-0.3, -0.25) is 9.78 Å². The van der Waals surface area contributed by atoms with Crippen LogP contribution in [0.25, 0.3) is 11.2 Å². The second-order valence-electron chi connectivity index (χ2n) is 6.39. The minimum Gasteiger partial charge on any atom is -0.394 e. The lowest BCUT2D eigenvalue weighted by molar-refractivity contribution is -0.125. The normalized spacial score (nSPS) is 25.4. The van der Waals surface area contributed by atoms with E-state index in [0.717, 1.165) is 18.5 Å². The minimum absolute atomic E-state index is 0.351. The number of rotatable bonds is 4. The Hall–Kier alpha value is -2.16. The number of amides is 1. The van der Waals surface area contributed by atoms with Crippen LogP contribution >= 0.6 is 0 Å². The minimum atomic E-state index is -0.960. The molecule has 1 aliphatic rings. The highest BCUT2D eigenvalue weighted by molar-refractivity contribution is 5.84. The molecule has 0 bridgehead atoms. The smallest absolute Gasteiger partial charge is 0.240 e. The molecule has 8 heteroatoms. The lowest BCUT2D eigenvalue weighted by atomic mass is 9.78. The first-order chi connectivity index (χ1) is 11.6. The van der Waals surface area contributed by atoms with Crippen LogP contribution in [-0.4, -0.2) is 51.7 Å². The molecule has 2 aromatic rings. The zero-order valence-corrected chi connectivity index (χ0v) is 13.6. The van der Waals surface area contributed by atoms with Crippen LogP contribution in [0.4, 0.5) is 0 Å². The largest absolute Gasteiger partial charge is 0.394 e. The molecule has 0 spiro atoms. The average Bonchev–Trinajstić information content (AvgIpc) is 2.60. The highest BCUT2D eigenvalue weighted by Gasteiger charge is 2.40. The van der Waals surface area contributed by atoms with Gasteiger partial charge < -0.3 is 21.5 Å². The van der Waals surface area contributed by atoms with Crippen molar-refractivity contribution in [1.82, 2.24) is 25.6 Å². The third kappa shape index (κ3) is 3.08. The van der Waals surface area contributed by atoms with E-state index in [1.54, 1.807) is 18.6 Å². The van der Waals surface area contributed by atoms with Gasteiger partial charge in [0.2, 0.25) is 5.91 Å². The van der Waals surface area contributed by atoms with Crippen LogP contribution in [0.2, 0.25) is 0 Å². The number of hydrogen-bond donors (Lipinski definition) is 4. The van der Waals surface area contributed by atoms with Gasteiger partial charge >= 0.3 is 0 Å². The van der Waals surface area contributed by atoms with Gasteiger partial charge in [-0.25, -0.2) is 9.97 Å². The second-order valence-corrected chi connectivity index (χ2v) is 6.39. The molecular weight excluding hydrogens is 308 g/mol. The van der Waals surface area contributed by atoms with Crippen molar-refractivity contribution in [3.63, 3.8) is 0 Å². The number of nitrogens with zero attached hydrogens (tertiary/aromatic N) is 3. The highest BCUT2D eigenvalue weighted by atomic mass is 16.3. The fraction of sp³-hybridized carbons (Fsp3) is 0.500. The van der Waals surface area contributed by atoms with Crippen molar-refractivity contribution in [3.05, 3.63) is 30.2 Å². The fourth-order valence-electron chi connectivity index (χ4n) is 3.31. The lowest BCUT2D eigenvalue weighted by Crippen LogP contribution is -2.60. The van der Waals surface area contributed by atoms with Gasteiger partial charge in [0.05, 0.1) is 12.1 Å². The van der Waals surface area contributed by atoms with Gasteiger partial charge in [-0.15, -0.1) is 0 Å². The summed E-state index contributed by atoms with van der Waals surface area (Å²) in [6.07, 6.45) is 5.61. The molecule has 0 aromatic carbocycles. The maximum atomic E-state index is 12.4. The Morgan fingerprint density at radius 3 is 2.96 bits per heavy atom. The van der Waals surface area contributed by atoms with Crippen LogP contribution in [0.15, 0.2) is 24.7 Å². The number of piperidine rings is 1. The third-order valence-corrected chi connectivity index (χ3v) is 4.40. The van der Waals surface area contributed by atoms with Gasteiger partial charge in [-0.2, -0.15) is 0 Å². The zero-order valence-electron chi connectivity index (χ0n) is 13.6. The number of aliphatic hydroxyl groups excluding tert-OH is 1. The predicted molar refractivity (Wildman–Crippen MR) is 88.9 cm³/mol. The maximum Gasteiger partial charge on any atom is 0.240 e. The standard InChI is InChI=1S/C16H22N6O2/c1-10-6-16(9-18-7-10,22-15(24)12(17)8-23)11-2-3-20-14-13(11)19-4-5-21-14/h2-5,10,12,18,23H,6-9,17H2,1H3,(H,22,24)/t10-,12+,16-/m0/s1. The van der Waals surface area contributed by atoms with Gasteiger partial charge in [0, 0.05) is 30.7 Å². The Kier molecular flexibility index (Phi) is 4.70. The van der Waals surface area contributed by atoms with Gasteiger partial charge in [0.25, 0.3) is 0 Å². The number of aliphatic hydroxyl groups is 1. The van der Waals surface area contributed by atoms with E-state index in [-0.39, 0.29) is 5.91 Å². The zero-order chi connectivity index (χ0) is 17.2. The van der Waals surface area contributed by atoms with E-state index in [1.807, 2.05) is 6.07 Å². The molecule has 1 aliphatic heterocycles. The molecule has 0 unspecified atom stereocenters. The summed E-state index contributed by atoms with van der Waals surface area (Å²) < 4.78 is 0. The van der Waals surface area contributed by atoms with Crippen molar-refractivity contribution >= 4 is 17.1 Å². The number of carbonyl (C=O) groups excluding carboxylic acids is 1. The maximum absolute atomic E-state index is 12.4. The molecule has 3 heterocycles. The fourth-order valence-corrected chi connectivity index (χ4v) is 3.31. The summed E-state index contributed by atoms with van der Waals surface area (Å²) in [4.78, 5) is 25.3. The summed E-state index contributed by atoms with van der Waals surface area (Å²) in [5.41, 5.74) is 7.08. The Balaban J connectivity index is 2.08. The molecule has 3 atom stereocenters. The number of hydrogen-bond acceptors (Lipinski definition) is 7. The van der Waals surface area contributed by atoms with Crippen molar-refractivity contribution < 1.29 is 9.90 Å². The number of aromatic nitrogens is 3. The third-order valence-electron chi connectivity index (χ3n) is 4.40. The second kappa shape index (κ2) is 6.76. The molecule has 24 heavy (non-hydrogen) atoms. The van der Waals surface area contributed by atoms with Crippen LogP contribution in [0.3, 0.4) is 0 Å². The van der Waals surface area contributed by atoms with Crippen molar-refractivity contribution in [2.24, 2.45) is 11.7 Å². The van der Waals surface area contributed by atoms with E-state index in [9.17, 15) is 9.90 Å². The molecule has 1 fully saturated rings. The average molecular weight is 330 g/mol. The van der Waals surface area contributed by atoms with Crippen LogP contribution in [0, 0.1) is 5.92 Å². The molecule has 0 radical (unpaired) electrons.